The molecular weight excluding hydrogens is 463 g/mol. The second kappa shape index (κ2) is 8.37. The first-order chi connectivity index (χ1) is 16.7. The fourth-order valence-corrected chi connectivity index (χ4v) is 5.08. The van der Waals surface area contributed by atoms with Crippen molar-refractivity contribution in [3.8, 4) is 11.5 Å². The van der Waals surface area contributed by atoms with Gasteiger partial charge in [0.2, 0.25) is 0 Å². The molecule has 1 aromatic heterocycles. The molecule has 3 N–H and O–H groups in total. The third kappa shape index (κ3) is 3.78. The first kappa shape index (κ1) is 22.8. The van der Waals surface area contributed by atoms with Gasteiger partial charge in [-0.1, -0.05) is 24.3 Å². The third-order valence-electron chi connectivity index (χ3n) is 6.63. The zero-order valence-corrected chi connectivity index (χ0v) is 18.9. The predicted molar refractivity (Wildman–Crippen MR) is 122 cm³/mol. The van der Waals surface area contributed by atoms with Gasteiger partial charge in [0.15, 0.2) is 17.3 Å². The highest BCUT2D eigenvalue weighted by atomic mass is 19.4. The lowest BCUT2D eigenvalue weighted by molar-refractivity contribution is -0.138. The molecule has 2 aromatic carbocycles. The van der Waals surface area contributed by atoms with Gasteiger partial charge in [0.05, 0.1) is 25.3 Å². The first-order valence-corrected chi connectivity index (χ1v) is 10.9. The molecule has 0 unspecified atom stereocenters. The molecule has 1 aliphatic heterocycles. The number of aromatic amines is 2. The third-order valence-corrected chi connectivity index (χ3v) is 6.63. The van der Waals surface area contributed by atoms with Gasteiger partial charge in [-0.05, 0) is 41.7 Å². The average Bonchev–Trinajstić information content (AvgIpc) is 3.21. The van der Waals surface area contributed by atoms with Crippen LogP contribution in [0.25, 0.3) is 0 Å². The maximum absolute atomic E-state index is 13.9. The number of carbonyl (C=O) groups is 1. The van der Waals surface area contributed by atoms with E-state index in [-0.39, 0.29) is 40.6 Å². The smallest absolute Gasteiger partial charge is 0.416 e. The molecule has 0 spiro atoms. The van der Waals surface area contributed by atoms with Crippen LogP contribution in [-0.4, -0.2) is 30.2 Å². The Hall–Kier alpha value is -3.95. The molecule has 182 valence electrons. The average molecular weight is 485 g/mol. The molecular formula is C25H22F3N3O4. The van der Waals surface area contributed by atoms with E-state index in [2.05, 4.69) is 15.5 Å². The number of ketones is 1. The number of hydrogen-bond acceptors (Lipinski definition) is 5. The summed E-state index contributed by atoms with van der Waals surface area (Å²) in [5.74, 6) is -0.369. The molecule has 0 fully saturated rings. The molecule has 0 amide bonds. The topological polar surface area (TPSA) is 96.2 Å². The number of H-pyrrole nitrogens is 2. The normalized spacial score (nSPS) is 19.6. The maximum Gasteiger partial charge on any atom is 0.416 e. The number of nitrogens with one attached hydrogen (secondary N) is 3. The number of allylic oxidation sites excluding steroid dienone is 2. The Kier molecular flexibility index (Phi) is 5.46. The highest BCUT2D eigenvalue weighted by Crippen LogP contribution is 2.49. The van der Waals surface area contributed by atoms with Crippen LogP contribution in [0.2, 0.25) is 0 Å². The fourth-order valence-electron chi connectivity index (χ4n) is 5.08. The summed E-state index contributed by atoms with van der Waals surface area (Å²) in [6.07, 6.45) is -4.20. The van der Waals surface area contributed by atoms with Crippen molar-refractivity contribution in [2.24, 2.45) is 0 Å². The quantitative estimate of drug-likeness (QED) is 0.498. The number of rotatable bonds is 4. The van der Waals surface area contributed by atoms with Gasteiger partial charge >= 0.3 is 6.18 Å². The van der Waals surface area contributed by atoms with Gasteiger partial charge in [-0.25, -0.2) is 0 Å². The van der Waals surface area contributed by atoms with Gasteiger partial charge in [-0.3, -0.25) is 19.8 Å². The highest BCUT2D eigenvalue weighted by molar-refractivity contribution is 6.01. The van der Waals surface area contributed by atoms with Crippen molar-refractivity contribution in [2.75, 3.05) is 19.5 Å². The van der Waals surface area contributed by atoms with Crippen LogP contribution in [0.1, 0.15) is 46.9 Å². The maximum atomic E-state index is 13.9. The van der Waals surface area contributed by atoms with Crippen LogP contribution in [0.4, 0.5) is 19.0 Å². The Bertz CT molecular complexity index is 1400. The number of ether oxygens (including phenoxy) is 2. The predicted octanol–water partition coefficient (Wildman–Crippen LogP) is 4.70. The van der Waals surface area contributed by atoms with Crippen LogP contribution in [0, 0.1) is 0 Å². The number of methoxy groups -OCH3 is 2. The zero-order chi connectivity index (χ0) is 24.9. The Balaban J connectivity index is 1.63. The number of anilines is 1. The van der Waals surface area contributed by atoms with Gasteiger partial charge in [0.25, 0.3) is 5.56 Å². The van der Waals surface area contributed by atoms with Crippen molar-refractivity contribution in [1.29, 1.82) is 0 Å². The standard InChI is InChI=1S/C25H22F3N3O4/c1-34-18-8-7-12(11-19(18)35-2)13-9-16-21(17(32)10-13)20(22-23(29-16)30-31-24(22)33)14-5-3-4-6-15(14)25(26,27)28/h3-8,11,13,20H,9-10H2,1-2H3,(H3,29,30,31,33)/t13-,20-/m0/s1. The Labute approximate surface area is 197 Å². The van der Waals surface area contributed by atoms with Crippen LogP contribution in [0.3, 0.4) is 0 Å². The summed E-state index contributed by atoms with van der Waals surface area (Å²) < 4.78 is 52.4. The highest BCUT2D eigenvalue weighted by Gasteiger charge is 2.44. The lowest BCUT2D eigenvalue weighted by Crippen LogP contribution is -2.32. The Morgan fingerprint density at radius 3 is 2.40 bits per heavy atom. The summed E-state index contributed by atoms with van der Waals surface area (Å²) in [7, 11) is 3.04. The number of carbonyl (C=O) groups excluding carboxylic acids is 1. The summed E-state index contributed by atoms with van der Waals surface area (Å²) in [6, 6.07) is 10.5. The van der Waals surface area contributed by atoms with Crippen LogP contribution in [-0.2, 0) is 11.0 Å². The van der Waals surface area contributed by atoms with Gasteiger partial charge in [-0.15, -0.1) is 0 Å². The van der Waals surface area contributed by atoms with Crippen molar-refractivity contribution in [3.05, 3.63) is 86.3 Å². The van der Waals surface area contributed by atoms with E-state index in [4.69, 9.17) is 9.47 Å². The molecule has 10 heteroatoms. The number of alkyl halides is 3. The second-order valence-corrected chi connectivity index (χ2v) is 8.55. The summed E-state index contributed by atoms with van der Waals surface area (Å²) >= 11 is 0. The molecule has 2 aliphatic rings. The molecule has 0 bridgehead atoms. The lowest BCUT2D eigenvalue weighted by atomic mass is 9.72. The molecule has 35 heavy (non-hydrogen) atoms. The molecule has 0 radical (unpaired) electrons. The Morgan fingerprint density at radius 1 is 0.943 bits per heavy atom. The van der Waals surface area contributed by atoms with Gasteiger partial charge in [0, 0.05) is 23.6 Å². The summed E-state index contributed by atoms with van der Waals surface area (Å²) in [4.78, 5) is 26.2. The minimum atomic E-state index is -4.65. The number of hydrogen-bond donors (Lipinski definition) is 3. The monoisotopic (exact) mass is 485 g/mol. The van der Waals surface area contributed by atoms with E-state index in [1.54, 1.807) is 12.1 Å². The van der Waals surface area contributed by atoms with E-state index in [1.807, 2.05) is 6.07 Å². The van der Waals surface area contributed by atoms with Crippen molar-refractivity contribution >= 4 is 11.6 Å². The van der Waals surface area contributed by atoms with E-state index in [0.29, 0.717) is 23.6 Å². The van der Waals surface area contributed by atoms with Crippen molar-refractivity contribution in [2.45, 2.75) is 30.9 Å². The summed E-state index contributed by atoms with van der Waals surface area (Å²) in [5.41, 5.74) is 0.0133. The number of halogens is 3. The van der Waals surface area contributed by atoms with E-state index >= 15 is 0 Å². The zero-order valence-electron chi connectivity index (χ0n) is 18.9. The largest absolute Gasteiger partial charge is 0.493 e. The molecule has 7 nitrogen and oxygen atoms in total. The number of benzene rings is 2. The first-order valence-electron chi connectivity index (χ1n) is 10.9. The number of fused-ring (bicyclic) bond motifs is 1. The lowest BCUT2D eigenvalue weighted by Gasteiger charge is -2.35. The van der Waals surface area contributed by atoms with E-state index in [0.717, 1.165) is 11.6 Å². The fraction of sp³-hybridized carbons (Fsp3) is 0.280. The molecule has 0 saturated heterocycles. The van der Waals surface area contributed by atoms with Crippen molar-refractivity contribution in [3.63, 3.8) is 0 Å². The van der Waals surface area contributed by atoms with Crippen molar-refractivity contribution < 1.29 is 27.4 Å². The molecule has 2 atom stereocenters. The molecule has 2 heterocycles. The minimum Gasteiger partial charge on any atom is -0.493 e. The Morgan fingerprint density at radius 2 is 1.69 bits per heavy atom. The molecule has 5 rings (SSSR count). The van der Waals surface area contributed by atoms with E-state index in [9.17, 15) is 22.8 Å². The summed E-state index contributed by atoms with van der Waals surface area (Å²) in [5, 5.41) is 8.24. The SMILES string of the molecule is COc1ccc([C@@H]2CC(=O)C3=C(C2)Nc2[nH][nH]c(=O)c2[C@H]3c2ccccc2C(F)(F)F)cc1OC. The van der Waals surface area contributed by atoms with E-state index in [1.165, 1.54) is 32.4 Å². The van der Waals surface area contributed by atoms with Crippen LogP contribution >= 0.6 is 0 Å². The van der Waals surface area contributed by atoms with E-state index < -0.39 is 23.2 Å². The number of Topliss-reactive ketones (excluding diaryl/α,β-unsaturated/α-hetero) is 1. The molecule has 3 aromatic rings. The second-order valence-electron chi connectivity index (χ2n) is 8.55. The van der Waals surface area contributed by atoms with Gasteiger partial charge < -0.3 is 14.8 Å². The van der Waals surface area contributed by atoms with Gasteiger partial charge in [0.1, 0.15) is 5.82 Å². The number of aromatic nitrogens is 2. The van der Waals surface area contributed by atoms with Crippen LogP contribution in [0.15, 0.2) is 58.5 Å². The van der Waals surface area contributed by atoms with Crippen LogP contribution < -0.4 is 20.3 Å². The van der Waals surface area contributed by atoms with Crippen LogP contribution in [0.5, 0.6) is 11.5 Å². The molecule has 0 saturated carbocycles. The molecule has 1 aliphatic carbocycles. The summed E-state index contributed by atoms with van der Waals surface area (Å²) in [6.45, 7) is 0. The van der Waals surface area contributed by atoms with Gasteiger partial charge in [-0.2, -0.15) is 13.2 Å². The van der Waals surface area contributed by atoms with Crippen molar-refractivity contribution in [1.82, 2.24) is 10.2 Å². The minimum absolute atomic E-state index is 0.0679.